The predicted octanol–water partition coefficient (Wildman–Crippen LogP) is 1.01. The fraction of sp³-hybridized carbons (Fsp3) is 1.00. The number of hydrogen-bond acceptors (Lipinski definition) is 4. The highest BCUT2D eigenvalue weighted by Crippen LogP contribution is 2.31. The molecule has 2 rings (SSSR count). The fourth-order valence-electron chi connectivity index (χ4n) is 3.45. The Morgan fingerprint density at radius 2 is 2.06 bits per heavy atom. The summed E-state index contributed by atoms with van der Waals surface area (Å²) in [6, 6.07) is 0. The van der Waals surface area contributed by atoms with Crippen molar-refractivity contribution in [3.8, 4) is 0 Å². The maximum atomic E-state index is 11.9. The van der Waals surface area contributed by atoms with E-state index >= 15 is 0 Å². The van der Waals surface area contributed by atoms with E-state index in [1.807, 2.05) is 0 Å². The lowest BCUT2D eigenvalue weighted by atomic mass is 9.92. The summed E-state index contributed by atoms with van der Waals surface area (Å²) in [5.74, 6) is 1.37. The Labute approximate surface area is 111 Å². The molecule has 2 fully saturated rings. The Bertz CT molecular complexity index is 382. The SMILES string of the molecule is CC1CCCN(C2(CN)CCCS(=O)(=O)C2)CC1. The van der Waals surface area contributed by atoms with Crippen LogP contribution in [0.2, 0.25) is 0 Å². The van der Waals surface area contributed by atoms with Crippen molar-refractivity contribution in [3.05, 3.63) is 0 Å². The Morgan fingerprint density at radius 1 is 1.28 bits per heavy atom. The predicted molar refractivity (Wildman–Crippen MR) is 74.3 cm³/mol. The summed E-state index contributed by atoms with van der Waals surface area (Å²) < 4.78 is 23.9. The van der Waals surface area contributed by atoms with Crippen molar-refractivity contribution < 1.29 is 8.42 Å². The molecule has 0 saturated carbocycles. The molecule has 5 heteroatoms. The number of rotatable bonds is 2. The maximum absolute atomic E-state index is 11.9. The zero-order chi connectivity index (χ0) is 13.2. The van der Waals surface area contributed by atoms with Crippen LogP contribution in [0.4, 0.5) is 0 Å². The molecule has 2 aliphatic rings. The Balaban J connectivity index is 2.15. The smallest absolute Gasteiger partial charge is 0.152 e. The van der Waals surface area contributed by atoms with Gasteiger partial charge in [0, 0.05) is 12.1 Å². The Kier molecular flexibility index (Phi) is 4.34. The minimum absolute atomic E-state index is 0.269. The van der Waals surface area contributed by atoms with Crippen molar-refractivity contribution in [2.24, 2.45) is 11.7 Å². The van der Waals surface area contributed by atoms with Crippen molar-refractivity contribution >= 4 is 9.84 Å². The van der Waals surface area contributed by atoms with Gasteiger partial charge in [0.1, 0.15) is 0 Å². The highest BCUT2D eigenvalue weighted by Gasteiger charge is 2.42. The van der Waals surface area contributed by atoms with E-state index in [9.17, 15) is 8.42 Å². The normalized spacial score (nSPS) is 38.2. The van der Waals surface area contributed by atoms with Crippen LogP contribution >= 0.6 is 0 Å². The quantitative estimate of drug-likeness (QED) is 0.816. The molecule has 0 aliphatic carbocycles. The molecule has 0 aromatic carbocycles. The highest BCUT2D eigenvalue weighted by molar-refractivity contribution is 7.91. The van der Waals surface area contributed by atoms with Gasteiger partial charge in [-0.25, -0.2) is 8.42 Å². The van der Waals surface area contributed by atoms with E-state index in [4.69, 9.17) is 5.73 Å². The number of hydrogen-bond donors (Lipinski definition) is 1. The molecule has 2 atom stereocenters. The van der Waals surface area contributed by atoms with Gasteiger partial charge in [0.25, 0.3) is 0 Å². The van der Waals surface area contributed by atoms with Crippen LogP contribution in [-0.4, -0.2) is 50.0 Å². The van der Waals surface area contributed by atoms with Gasteiger partial charge in [-0.3, -0.25) is 4.90 Å². The first-order valence-corrected chi connectivity index (χ1v) is 8.95. The van der Waals surface area contributed by atoms with Gasteiger partial charge < -0.3 is 5.73 Å². The molecule has 2 aliphatic heterocycles. The molecule has 0 aromatic heterocycles. The second-order valence-corrected chi connectivity index (χ2v) is 8.33. The molecule has 4 nitrogen and oxygen atoms in total. The van der Waals surface area contributed by atoms with Gasteiger partial charge in [-0.2, -0.15) is 0 Å². The molecule has 2 heterocycles. The summed E-state index contributed by atoms with van der Waals surface area (Å²) in [7, 11) is -2.90. The largest absolute Gasteiger partial charge is 0.329 e. The van der Waals surface area contributed by atoms with Crippen LogP contribution in [0, 0.1) is 5.92 Å². The molecule has 2 saturated heterocycles. The van der Waals surface area contributed by atoms with E-state index in [1.54, 1.807) is 0 Å². The first-order valence-electron chi connectivity index (χ1n) is 7.13. The third-order valence-corrected chi connectivity index (χ3v) is 6.54. The zero-order valence-electron chi connectivity index (χ0n) is 11.4. The van der Waals surface area contributed by atoms with Gasteiger partial charge in [0.15, 0.2) is 9.84 Å². The standard InChI is InChI=1S/C13H26N2O2S/c1-12-4-2-7-15(8-5-12)13(10-14)6-3-9-18(16,17)11-13/h12H,2-11,14H2,1H3. The van der Waals surface area contributed by atoms with Gasteiger partial charge >= 0.3 is 0 Å². The summed E-state index contributed by atoms with van der Waals surface area (Å²) in [6.07, 6.45) is 5.30. The second kappa shape index (κ2) is 5.47. The Morgan fingerprint density at radius 3 is 2.72 bits per heavy atom. The first kappa shape index (κ1) is 14.3. The molecule has 0 radical (unpaired) electrons. The summed E-state index contributed by atoms with van der Waals surface area (Å²) in [5.41, 5.74) is 5.69. The third kappa shape index (κ3) is 3.06. The van der Waals surface area contributed by atoms with Crippen LogP contribution in [0.1, 0.15) is 39.0 Å². The van der Waals surface area contributed by atoms with E-state index < -0.39 is 9.84 Å². The van der Waals surface area contributed by atoms with Gasteiger partial charge in [-0.15, -0.1) is 0 Å². The van der Waals surface area contributed by atoms with E-state index in [-0.39, 0.29) is 11.3 Å². The van der Waals surface area contributed by atoms with Gasteiger partial charge in [-0.1, -0.05) is 6.92 Å². The fourth-order valence-corrected chi connectivity index (χ4v) is 5.44. The van der Waals surface area contributed by atoms with Crippen LogP contribution in [-0.2, 0) is 9.84 Å². The first-order chi connectivity index (χ1) is 8.47. The lowest BCUT2D eigenvalue weighted by Gasteiger charge is -2.45. The highest BCUT2D eigenvalue weighted by atomic mass is 32.2. The number of sulfone groups is 1. The molecule has 0 aromatic rings. The van der Waals surface area contributed by atoms with Crippen molar-refractivity contribution in [1.29, 1.82) is 0 Å². The lowest BCUT2D eigenvalue weighted by molar-refractivity contribution is 0.103. The number of nitrogens with two attached hydrogens (primary N) is 1. The zero-order valence-corrected chi connectivity index (χ0v) is 12.2. The average Bonchev–Trinajstić information content (AvgIpc) is 2.53. The monoisotopic (exact) mass is 274 g/mol. The molecular weight excluding hydrogens is 248 g/mol. The van der Waals surface area contributed by atoms with Gasteiger partial charge in [0.2, 0.25) is 0 Å². The van der Waals surface area contributed by atoms with Gasteiger partial charge in [0.05, 0.1) is 11.5 Å². The molecule has 18 heavy (non-hydrogen) atoms. The van der Waals surface area contributed by atoms with Crippen LogP contribution < -0.4 is 5.73 Å². The topological polar surface area (TPSA) is 63.4 Å². The molecule has 0 amide bonds. The van der Waals surface area contributed by atoms with E-state index in [1.165, 1.54) is 19.3 Å². The van der Waals surface area contributed by atoms with Crippen LogP contribution in [0.3, 0.4) is 0 Å². The molecule has 0 spiro atoms. The van der Waals surface area contributed by atoms with Crippen LogP contribution in [0.15, 0.2) is 0 Å². The van der Waals surface area contributed by atoms with Crippen molar-refractivity contribution in [3.63, 3.8) is 0 Å². The molecule has 0 bridgehead atoms. The lowest BCUT2D eigenvalue weighted by Crippen LogP contribution is -2.60. The van der Waals surface area contributed by atoms with E-state index in [0.29, 0.717) is 12.3 Å². The average molecular weight is 274 g/mol. The van der Waals surface area contributed by atoms with E-state index in [2.05, 4.69) is 11.8 Å². The van der Waals surface area contributed by atoms with Crippen molar-refractivity contribution in [1.82, 2.24) is 4.90 Å². The minimum Gasteiger partial charge on any atom is -0.329 e. The molecular formula is C13H26N2O2S. The summed E-state index contributed by atoms with van der Waals surface area (Å²) in [4.78, 5) is 2.38. The third-order valence-electron chi connectivity index (χ3n) is 4.65. The molecule has 106 valence electrons. The summed E-state index contributed by atoms with van der Waals surface area (Å²) in [5, 5.41) is 0. The number of likely N-dealkylation sites (tertiary alicyclic amines) is 1. The van der Waals surface area contributed by atoms with Crippen molar-refractivity contribution in [2.45, 2.75) is 44.6 Å². The summed E-state index contributed by atoms with van der Waals surface area (Å²) in [6.45, 7) is 4.78. The summed E-state index contributed by atoms with van der Waals surface area (Å²) >= 11 is 0. The van der Waals surface area contributed by atoms with Crippen LogP contribution in [0.25, 0.3) is 0 Å². The van der Waals surface area contributed by atoms with E-state index in [0.717, 1.165) is 31.8 Å². The maximum Gasteiger partial charge on any atom is 0.152 e. The van der Waals surface area contributed by atoms with Gasteiger partial charge in [-0.05, 0) is 51.1 Å². The molecule has 2 unspecified atom stereocenters. The number of nitrogens with zero attached hydrogens (tertiary/aromatic N) is 1. The van der Waals surface area contributed by atoms with Crippen molar-refractivity contribution in [2.75, 3.05) is 31.1 Å². The van der Waals surface area contributed by atoms with Crippen LogP contribution in [0.5, 0.6) is 0 Å². The molecule has 2 N–H and O–H groups in total. The second-order valence-electron chi connectivity index (χ2n) is 6.15. The minimum atomic E-state index is -2.90. The Hall–Kier alpha value is -0.130.